The van der Waals surface area contributed by atoms with Crippen LogP contribution >= 0.6 is 15.9 Å². The maximum absolute atomic E-state index is 13.3. The summed E-state index contributed by atoms with van der Waals surface area (Å²) in [7, 11) is 5.49. The molecule has 2 aromatic rings. The van der Waals surface area contributed by atoms with Crippen LogP contribution < -0.4 is 9.64 Å². The molecule has 6 nitrogen and oxygen atoms in total. The number of carbonyl (C=O) groups excluding carboxylic acids is 2. The zero-order valence-corrected chi connectivity index (χ0v) is 20.8. The number of Topliss-reactive ketones (excluding diaryl/α,β-unsaturated/α-hetero) is 1. The highest BCUT2D eigenvalue weighted by Gasteiger charge is 2.48. The summed E-state index contributed by atoms with van der Waals surface area (Å²) in [5.74, 6) is -0.717. The largest absolute Gasteiger partial charge is 0.507 e. The molecule has 1 saturated carbocycles. The van der Waals surface area contributed by atoms with E-state index in [1.165, 1.54) is 0 Å². The average molecular weight is 513 g/mol. The number of likely N-dealkylation sites (tertiary alicyclic amines) is 1. The number of anilines is 1. The highest BCUT2D eigenvalue weighted by molar-refractivity contribution is 9.10. The average Bonchev–Trinajstić information content (AvgIpc) is 3.09. The van der Waals surface area contributed by atoms with E-state index in [-0.39, 0.29) is 17.4 Å². The van der Waals surface area contributed by atoms with Crippen molar-refractivity contribution >= 4 is 39.1 Å². The normalized spacial score (nSPS) is 20.8. The molecule has 7 heteroatoms. The summed E-state index contributed by atoms with van der Waals surface area (Å²) in [6.45, 7) is 0. The van der Waals surface area contributed by atoms with Crippen molar-refractivity contribution in [3.63, 3.8) is 0 Å². The Balaban J connectivity index is 1.85. The molecule has 2 fully saturated rings. The molecule has 33 heavy (non-hydrogen) atoms. The molecule has 0 aromatic heterocycles. The van der Waals surface area contributed by atoms with Crippen molar-refractivity contribution in [2.75, 3.05) is 26.1 Å². The van der Waals surface area contributed by atoms with E-state index in [4.69, 9.17) is 4.74 Å². The zero-order valence-electron chi connectivity index (χ0n) is 19.2. The number of ether oxygens (including phenoxy) is 1. The number of ketones is 1. The molecular formula is C26H29BrN2O4. The Morgan fingerprint density at radius 2 is 1.73 bits per heavy atom. The predicted molar refractivity (Wildman–Crippen MR) is 132 cm³/mol. The monoisotopic (exact) mass is 512 g/mol. The van der Waals surface area contributed by atoms with Gasteiger partial charge in [-0.05, 0) is 64.7 Å². The van der Waals surface area contributed by atoms with Crippen molar-refractivity contribution in [1.29, 1.82) is 0 Å². The second-order valence-corrected chi connectivity index (χ2v) is 9.69. The minimum Gasteiger partial charge on any atom is -0.507 e. The molecule has 4 rings (SSSR count). The molecule has 1 aliphatic heterocycles. The third-order valence-electron chi connectivity index (χ3n) is 6.60. The minimum atomic E-state index is -0.633. The van der Waals surface area contributed by atoms with Gasteiger partial charge in [-0.15, -0.1) is 0 Å². The van der Waals surface area contributed by atoms with Crippen LogP contribution in [0, 0.1) is 0 Å². The van der Waals surface area contributed by atoms with Crippen molar-refractivity contribution < 1.29 is 19.4 Å². The van der Waals surface area contributed by atoms with Gasteiger partial charge in [0.25, 0.3) is 11.7 Å². The standard InChI is InChI=1S/C26H29BrN2O4/c1-28(2)18-12-9-16(10-13-18)23-22(24(30)17-11-14-21(33-3)20(27)15-17)25(31)26(32)29(23)19-7-5-4-6-8-19/h9-15,19,23,30H,4-8H2,1-3H3/b24-22-. The maximum atomic E-state index is 13.3. The fourth-order valence-electron chi connectivity index (χ4n) is 4.84. The number of carbonyl (C=O) groups is 2. The first-order valence-corrected chi connectivity index (χ1v) is 12.0. The van der Waals surface area contributed by atoms with E-state index < -0.39 is 17.7 Å². The van der Waals surface area contributed by atoms with Gasteiger partial charge in [0.05, 0.1) is 23.2 Å². The van der Waals surface area contributed by atoms with E-state index in [1.807, 2.05) is 43.3 Å². The highest BCUT2D eigenvalue weighted by atomic mass is 79.9. The van der Waals surface area contributed by atoms with Gasteiger partial charge < -0.3 is 19.6 Å². The maximum Gasteiger partial charge on any atom is 0.295 e. The van der Waals surface area contributed by atoms with Crippen LogP contribution in [0.2, 0.25) is 0 Å². The number of amides is 1. The van der Waals surface area contributed by atoms with Gasteiger partial charge in [0.15, 0.2) is 0 Å². The number of rotatable bonds is 5. The van der Waals surface area contributed by atoms with Gasteiger partial charge in [-0.3, -0.25) is 9.59 Å². The molecule has 174 valence electrons. The molecule has 1 N–H and O–H groups in total. The quantitative estimate of drug-likeness (QED) is 0.335. The Kier molecular flexibility index (Phi) is 6.79. The lowest BCUT2D eigenvalue weighted by atomic mass is 9.91. The molecule has 2 aliphatic rings. The first-order chi connectivity index (χ1) is 15.8. The van der Waals surface area contributed by atoms with Crippen LogP contribution in [0.15, 0.2) is 52.5 Å². The van der Waals surface area contributed by atoms with E-state index in [0.29, 0.717) is 15.8 Å². The molecule has 0 bridgehead atoms. The van der Waals surface area contributed by atoms with E-state index in [1.54, 1.807) is 30.2 Å². The summed E-state index contributed by atoms with van der Waals surface area (Å²) in [5.41, 5.74) is 2.44. The second kappa shape index (κ2) is 9.59. The van der Waals surface area contributed by atoms with E-state index in [2.05, 4.69) is 15.9 Å². The summed E-state index contributed by atoms with van der Waals surface area (Å²) in [6, 6.07) is 12.3. The minimum absolute atomic E-state index is 0.0124. The van der Waals surface area contributed by atoms with Gasteiger partial charge >= 0.3 is 0 Å². The molecule has 0 radical (unpaired) electrons. The Morgan fingerprint density at radius 1 is 1.06 bits per heavy atom. The smallest absolute Gasteiger partial charge is 0.295 e. The number of benzene rings is 2. The summed E-state index contributed by atoms with van der Waals surface area (Å²) in [5, 5.41) is 11.3. The summed E-state index contributed by atoms with van der Waals surface area (Å²) >= 11 is 3.44. The molecule has 1 unspecified atom stereocenters. The summed E-state index contributed by atoms with van der Waals surface area (Å²) in [4.78, 5) is 30.3. The van der Waals surface area contributed by atoms with Gasteiger partial charge in [0.2, 0.25) is 0 Å². The van der Waals surface area contributed by atoms with Crippen LogP contribution in [0.25, 0.3) is 5.76 Å². The molecule has 1 aliphatic carbocycles. The molecule has 1 saturated heterocycles. The van der Waals surface area contributed by atoms with Gasteiger partial charge in [-0.25, -0.2) is 0 Å². The first kappa shape index (κ1) is 23.4. The number of nitrogens with zero attached hydrogens (tertiary/aromatic N) is 2. The van der Waals surface area contributed by atoms with E-state index in [0.717, 1.165) is 43.4 Å². The van der Waals surface area contributed by atoms with Crippen LogP contribution in [0.4, 0.5) is 5.69 Å². The lowest BCUT2D eigenvalue weighted by molar-refractivity contribution is -0.141. The number of aliphatic hydroxyl groups excluding tert-OH is 1. The van der Waals surface area contributed by atoms with Gasteiger partial charge in [0, 0.05) is 31.4 Å². The third kappa shape index (κ3) is 4.38. The molecular weight excluding hydrogens is 484 g/mol. The van der Waals surface area contributed by atoms with Crippen molar-refractivity contribution in [2.24, 2.45) is 0 Å². The Labute approximate surface area is 203 Å². The van der Waals surface area contributed by atoms with Gasteiger partial charge in [-0.2, -0.15) is 0 Å². The Bertz CT molecular complexity index is 1090. The first-order valence-electron chi connectivity index (χ1n) is 11.2. The lowest BCUT2D eigenvalue weighted by Gasteiger charge is -2.35. The molecule has 1 amide bonds. The van der Waals surface area contributed by atoms with Crippen LogP contribution in [0.5, 0.6) is 5.75 Å². The number of methoxy groups -OCH3 is 1. The van der Waals surface area contributed by atoms with Gasteiger partial charge in [0.1, 0.15) is 11.5 Å². The van der Waals surface area contributed by atoms with Crippen molar-refractivity contribution in [3.05, 3.63) is 63.6 Å². The molecule has 2 aromatic carbocycles. The predicted octanol–water partition coefficient (Wildman–Crippen LogP) is 5.28. The highest BCUT2D eigenvalue weighted by Crippen LogP contribution is 2.43. The Hall–Kier alpha value is -2.80. The van der Waals surface area contributed by atoms with Crippen LogP contribution in [0.1, 0.15) is 49.3 Å². The van der Waals surface area contributed by atoms with E-state index >= 15 is 0 Å². The summed E-state index contributed by atoms with van der Waals surface area (Å²) < 4.78 is 5.94. The number of aliphatic hydroxyl groups is 1. The number of hydrogen-bond donors (Lipinski definition) is 1. The molecule has 1 atom stereocenters. The van der Waals surface area contributed by atoms with Crippen molar-refractivity contribution in [1.82, 2.24) is 4.90 Å². The fraction of sp³-hybridized carbons (Fsp3) is 0.385. The van der Waals surface area contributed by atoms with E-state index in [9.17, 15) is 14.7 Å². The van der Waals surface area contributed by atoms with Crippen LogP contribution in [-0.2, 0) is 9.59 Å². The second-order valence-electron chi connectivity index (χ2n) is 8.83. The van der Waals surface area contributed by atoms with Crippen molar-refractivity contribution in [2.45, 2.75) is 44.2 Å². The fourth-order valence-corrected chi connectivity index (χ4v) is 5.38. The van der Waals surface area contributed by atoms with Crippen LogP contribution in [0.3, 0.4) is 0 Å². The SMILES string of the molecule is COc1ccc(/C(O)=C2/C(=O)C(=O)N(C3CCCCC3)C2c2ccc(N(C)C)cc2)cc1Br. The lowest BCUT2D eigenvalue weighted by Crippen LogP contribution is -2.40. The zero-order chi connectivity index (χ0) is 23.7. The summed E-state index contributed by atoms with van der Waals surface area (Å²) in [6.07, 6.45) is 4.94. The van der Waals surface area contributed by atoms with Crippen LogP contribution in [-0.4, -0.2) is 48.9 Å². The topological polar surface area (TPSA) is 70.1 Å². The van der Waals surface area contributed by atoms with Gasteiger partial charge in [-0.1, -0.05) is 31.4 Å². The Morgan fingerprint density at radius 3 is 2.30 bits per heavy atom. The molecule has 1 heterocycles. The third-order valence-corrected chi connectivity index (χ3v) is 7.22. The van der Waals surface area contributed by atoms with Crippen molar-refractivity contribution in [3.8, 4) is 5.75 Å². The number of hydrogen-bond acceptors (Lipinski definition) is 5. The number of halogens is 1. The molecule has 0 spiro atoms.